The number of nitrogens with one attached hydrogen (secondary N) is 1. The van der Waals surface area contributed by atoms with Crippen LogP contribution in [0.3, 0.4) is 0 Å². The molecule has 4 rings (SSSR count). The maximum absolute atomic E-state index is 13.3. The fourth-order valence-corrected chi connectivity index (χ4v) is 5.29. The third-order valence-corrected chi connectivity index (χ3v) is 6.86. The number of carbonyl (C=O) groups excluding carboxylic acids is 1. The lowest BCUT2D eigenvalue weighted by Crippen LogP contribution is -2.33. The molecule has 3 heterocycles. The van der Waals surface area contributed by atoms with Crippen molar-refractivity contribution in [3.63, 3.8) is 0 Å². The Labute approximate surface area is 187 Å². The summed E-state index contributed by atoms with van der Waals surface area (Å²) < 4.78 is 20.3. The van der Waals surface area contributed by atoms with Crippen molar-refractivity contribution in [2.75, 3.05) is 18.9 Å². The molecule has 31 heavy (non-hydrogen) atoms. The number of amides is 1. The quantitative estimate of drug-likeness (QED) is 0.315. The first-order valence-corrected chi connectivity index (χ1v) is 11.8. The van der Waals surface area contributed by atoms with E-state index in [2.05, 4.69) is 16.9 Å². The molecule has 2 aromatic heterocycles. The lowest BCUT2D eigenvalue weighted by atomic mass is 10.1. The van der Waals surface area contributed by atoms with Crippen molar-refractivity contribution in [2.45, 2.75) is 30.6 Å². The Morgan fingerprint density at radius 3 is 2.94 bits per heavy atom. The SMILES string of the molecule is C=CCn1c(SCC(=O)NCC2CCCO2)nc2scc(-c3ccc(F)cc3)c2c1=O. The predicted octanol–water partition coefficient (Wildman–Crippen LogP) is 3.84. The van der Waals surface area contributed by atoms with E-state index in [1.165, 1.54) is 39.8 Å². The molecule has 9 heteroatoms. The fourth-order valence-electron chi connectivity index (χ4n) is 3.46. The lowest BCUT2D eigenvalue weighted by molar-refractivity contribution is -0.119. The minimum Gasteiger partial charge on any atom is -0.376 e. The average Bonchev–Trinajstić information content (AvgIpc) is 3.44. The molecule has 1 aromatic carbocycles. The zero-order valence-corrected chi connectivity index (χ0v) is 18.4. The second kappa shape index (κ2) is 9.76. The van der Waals surface area contributed by atoms with E-state index in [9.17, 15) is 14.0 Å². The average molecular weight is 460 g/mol. The van der Waals surface area contributed by atoms with Crippen molar-refractivity contribution in [2.24, 2.45) is 0 Å². The van der Waals surface area contributed by atoms with Gasteiger partial charge in [-0.2, -0.15) is 0 Å². The van der Waals surface area contributed by atoms with Crippen molar-refractivity contribution in [3.05, 3.63) is 58.5 Å². The van der Waals surface area contributed by atoms with Crippen LogP contribution in [0.4, 0.5) is 4.39 Å². The Kier molecular flexibility index (Phi) is 6.84. The van der Waals surface area contributed by atoms with Gasteiger partial charge < -0.3 is 10.1 Å². The van der Waals surface area contributed by atoms with Gasteiger partial charge in [-0.25, -0.2) is 9.37 Å². The molecular weight excluding hydrogens is 437 g/mol. The number of rotatable bonds is 8. The number of hydrogen-bond donors (Lipinski definition) is 1. The molecule has 0 saturated carbocycles. The second-order valence-corrected chi connectivity index (χ2v) is 8.96. The number of allylic oxidation sites excluding steroid dienone is 1. The van der Waals surface area contributed by atoms with Crippen LogP contribution in [0.25, 0.3) is 21.3 Å². The Balaban J connectivity index is 1.57. The number of carbonyl (C=O) groups is 1. The highest BCUT2D eigenvalue weighted by atomic mass is 32.2. The van der Waals surface area contributed by atoms with Gasteiger partial charge in [0, 0.05) is 30.6 Å². The number of ether oxygens (including phenoxy) is 1. The highest BCUT2D eigenvalue weighted by Crippen LogP contribution is 2.32. The summed E-state index contributed by atoms with van der Waals surface area (Å²) >= 11 is 2.58. The summed E-state index contributed by atoms with van der Waals surface area (Å²) in [7, 11) is 0. The number of thiophene rings is 1. The van der Waals surface area contributed by atoms with Crippen LogP contribution in [0.2, 0.25) is 0 Å². The van der Waals surface area contributed by atoms with Crippen LogP contribution < -0.4 is 10.9 Å². The Bertz CT molecular complexity index is 1150. The largest absolute Gasteiger partial charge is 0.376 e. The van der Waals surface area contributed by atoms with Gasteiger partial charge in [0.05, 0.1) is 17.2 Å². The van der Waals surface area contributed by atoms with Gasteiger partial charge in [0.2, 0.25) is 5.91 Å². The van der Waals surface area contributed by atoms with Crippen molar-refractivity contribution in [3.8, 4) is 11.1 Å². The molecule has 1 aliphatic rings. The second-order valence-electron chi connectivity index (χ2n) is 7.16. The minimum absolute atomic E-state index is 0.0818. The first-order valence-electron chi connectivity index (χ1n) is 9.97. The molecule has 162 valence electrons. The normalized spacial score (nSPS) is 16.0. The Hall–Kier alpha value is -2.49. The zero-order chi connectivity index (χ0) is 21.8. The van der Waals surface area contributed by atoms with Crippen molar-refractivity contribution in [1.29, 1.82) is 0 Å². The van der Waals surface area contributed by atoms with Crippen LogP contribution in [-0.2, 0) is 16.1 Å². The van der Waals surface area contributed by atoms with Gasteiger partial charge in [0.25, 0.3) is 5.56 Å². The zero-order valence-electron chi connectivity index (χ0n) is 16.8. The number of hydrogen-bond acceptors (Lipinski definition) is 6. The van der Waals surface area contributed by atoms with E-state index in [1.54, 1.807) is 18.2 Å². The molecule has 0 radical (unpaired) electrons. The lowest BCUT2D eigenvalue weighted by Gasteiger charge is -2.12. The van der Waals surface area contributed by atoms with Crippen molar-refractivity contribution in [1.82, 2.24) is 14.9 Å². The van der Waals surface area contributed by atoms with Crippen LogP contribution in [0.15, 0.2) is 52.3 Å². The maximum Gasteiger partial charge on any atom is 0.263 e. The molecule has 1 amide bonds. The molecule has 1 N–H and O–H groups in total. The number of fused-ring (bicyclic) bond motifs is 1. The van der Waals surface area contributed by atoms with E-state index >= 15 is 0 Å². The third kappa shape index (κ3) is 4.89. The number of halogens is 1. The van der Waals surface area contributed by atoms with Gasteiger partial charge in [-0.05, 0) is 30.5 Å². The van der Waals surface area contributed by atoms with Gasteiger partial charge >= 0.3 is 0 Å². The predicted molar refractivity (Wildman–Crippen MR) is 122 cm³/mol. The summed E-state index contributed by atoms with van der Waals surface area (Å²) in [4.78, 5) is 30.8. The van der Waals surface area contributed by atoms with E-state index in [1.807, 2.05) is 5.38 Å². The van der Waals surface area contributed by atoms with Gasteiger partial charge in [-0.3, -0.25) is 14.2 Å². The number of aromatic nitrogens is 2. The molecule has 1 fully saturated rings. The van der Waals surface area contributed by atoms with E-state index in [0.29, 0.717) is 21.9 Å². The highest BCUT2D eigenvalue weighted by molar-refractivity contribution is 7.99. The van der Waals surface area contributed by atoms with Gasteiger partial charge in [0.1, 0.15) is 10.6 Å². The molecule has 1 aliphatic heterocycles. The van der Waals surface area contributed by atoms with Crippen LogP contribution in [0.5, 0.6) is 0 Å². The summed E-state index contributed by atoms with van der Waals surface area (Å²) in [5.41, 5.74) is 1.28. The molecule has 0 bridgehead atoms. The standard InChI is InChI=1S/C22H22FN3O3S2/c1-2-9-26-21(28)19-17(14-5-7-15(23)8-6-14)12-30-20(19)25-22(26)31-13-18(27)24-11-16-4-3-10-29-16/h2,5-8,12,16H,1,3-4,9-11,13H2,(H,24,27). The van der Waals surface area contributed by atoms with E-state index in [4.69, 9.17) is 4.74 Å². The van der Waals surface area contributed by atoms with Crippen LogP contribution in [-0.4, -0.2) is 40.5 Å². The first-order chi connectivity index (χ1) is 15.1. The smallest absolute Gasteiger partial charge is 0.263 e. The van der Waals surface area contributed by atoms with E-state index < -0.39 is 0 Å². The van der Waals surface area contributed by atoms with Gasteiger partial charge in [-0.1, -0.05) is 30.0 Å². The molecule has 6 nitrogen and oxygen atoms in total. The van der Waals surface area contributed by atoms with Gasteiger partial charge in [-0.15, -0.1) is 17.9 Å². The molecule has 3 aromatic rings. The van der Waals surface area contributed by atoms with E-state index in [0.717, 1.165) is 30.6 Å². The summed E-state index contributed by atoms with van der Waals surface area (Å²) in [6, 6.07) is 6.03. The van der Waals surface area contributed by atoms with Crippen molar-refractivity contribution < 1.29 is 13.9 Å². The molecule has 0 aliphatic carbocycles. The topological polar surface area (TPSA) is 73.2 Å². The summed E-state index contributed by atoms with van der Waals surface area (Å²) in [6.07, 6.45) is 3.69. The summed E-state index contributed by atoms with van der Waals surface area (Å²) in [5, 5.41) is 5.70. The number of nitrogens with zero attached hydrogens (tertiary/aromatic N) is 2. The summed E-state index contributed by atoms with van der Waals surface area (Å²) in [6.45, 7) is 5.26. The molecule has 0 spiro atoms. The monoisotopic (exact) mass is 459 g/mol. The fraction of sp³-hybridized carbons (Fsp3) is 0.318. The summed E-state index contributed by atoms with van der Waals surface area (Å²) in [5.74, 6) is -0.307. The Morgan fingerprint density at radius 2 is 2.23 bits per heavy atom. The van der Waals surface area contributed by atoms with Gasteiger partial charge in [0.15, 0.2) is 5.16 Å². The van der Waals surface area contributed by atoms with Crippen molar-refractivity contribution >= 4 is 39.2 Å². The van der Waals surface area contributed by atoms with Crippen LogP contribution in [0.1, 0.15) is 12.8 Å². The minimum atomic E-state index is -0.332. The van der Waals surface area contributed by atoms with Crippen LogP contribution in [0, 0.1) is 5.82 Å². The highest BCUT2D eigenvalue weighted by Gasteiger charge is 2.19. The molecule has 1 unspecified atom stereocenters. The molecular formula is C22H22FN3O3S2. The number of benzene rings is 1. The Morgan fingerprint density at radius 1 is 1.42 bits per heavy atom. The van der Waals surface area contributed by atoms with Crippen LogP contribution >= 0.6 is 23.1 Å². The van der Waals surface area contributed by atoms with E-state index in [-0.39, 0.29) is 35.7 Å². The first kappa shape index (κ1) is 21.7. The maximum atomic E-state index is 13.3. The third-order valence-electron chi connectivity index (χ3n) is 5.01. The molecule has 1 saturated heterocycles. The molecule has 1 atom stereocenters. The number of thioether (sulfide) groups is 1.